The van der Waals surface area contributed by atoms with Crippen molar-refractivity contribution in [2.45, 2.75) is 13.5 Å². The number of fused-ring (bicyclic) bond motifs is 1. The Morgan fingerprint density at radius 3 is 2.75 bits per heavy atom. The van der Waals surface area contributed by atoms with Crippen molar-refractivity contribution in [3.8, 4) is 0 Å². The highest BCUT2D eigenvalue weighted by atomic mass is 16.5. The minimum absolute atomic E-state index is 0.124. The number of nitrogens with zero attached hydrogens (tertiary/aromatic N) is 1. The Hall–Kier alpha value is -3.02. The van der Waals surface area contributed by atoms with E-state index >= 15 is 0 Å². The van der Waals surface area contributed by atoms with Gasteiger partial charge in [0, 0.05) is 24.1 Å². The van der Waals surface area contributed by atoms with Gasteiger partial charge in [-0.1, -0.05) is 18.2 Å². The van der Waals surface area contributed by atoms with Crippen LogP contribution in [0.1, 0.15) is 32.2 Å². The van der Waals surface area contributed by atoms with E-state index in [4.69, 9.17) is 9.15 Å². The Labute approximate surface area is 139 Å². The van der Waals surface area contributed by atoms with Gasteiger partial charge in [0.2, 0.25) is 0 Å². The average Bonchev–Trinajstić information content (AvgIpc) is 3.17. The molecule has 6 heteroatoms. The number of rotatable bonds is 4. The number of aromatic nitrogens is 1. The fraction of sp³-hybridized carbons (Fsp3) is 0.222. The standard InChI is InChI=1S/C18H18N2O4/c1-11-14(18(22)23-3)8-12(24-11)10-20(2)17(21)15-9-19-16-7-5-4-6-13(15)16/h4-9,19H,10H2,1-3H3. The number of ether oxygens (including phenoxy) is 1. The zero-order valence-corrected chi connectivity index (χ0v) is 13.8. The molecule has 0 spiro atoms. The summed E-state index contributed by atoms with van der Waals surface area (Å²) >= 11 is 0. The van der Waals surface area contributed by atoms with Crippen LogP contribution in [-0.4, -0.2) is 35.9 Å². The molecule has 0 aliphatic rings. The molecule has 0 bridgehead atoms. The summed E-state index contributed by atoms with van der Waals surface area (Å²) in [5, 5.41) is 0.875. The second kappa shape index (κ2) is 6.23. The Morgan fingerprint density at radius 1 is 1.25 bits per heavy atom. The number of para-hydroxylation sites is 1. The molecule has 124 valence electrons. The van der Waals surface area contributed by atoms with Gasteiger partial charge in [-0.2, -0.15) is 0 Å². The average molecular weight is 326 g/mol. The van der Waals surface area contributed by atoms with Gasteiger partial charge >= 0.3 is 5.97 Å². The second-order valence-corrected chi connectivity index (χ2v) is 5.58. The van der Waals surface area contributed by atoms with Gasteiger partial charge in [-0.25, -0.2) is 4.79 Å². The van der Waals surface area contributed by atoms with Gasteiger partial charge in [-0.15, -0.1) is 0 Å². The maximum Gasteiger partial charge on any atom is 0.341 e. The summed E-state index contributed by atoms with van der Waals surface area (Å²) in [4.78, 5) is 29.0. The van der Waals surface area contributed by atoms with E-state index in [0.717, 1.165) is 10.9 Å². The van der Waals surface area contributed by atoms with E-state index in [9.17, 15) is 9.59 Å². The number of hydrogen-bond acceptors (Lipinski definition) is 4. The lowest BCUT2D eigenvalue weighted by Crippen LogP contribution is -2.25. The third-order valence-electron chi connectivity index (χ3n) is 3.93. The molecule has 0 atom stereocenters. The van der Waals surface area contributed by atoms with Gasteiger partial charge in [0.1, 0.15) is 17.1 Å². The van der Waals surface area contributed by atoms with Crippen molar-refractivity contribution in [1.29, 1.82) is 0 Å². The molecule has 0 unspecified atom stereocenters. The van der Waals surface area contributed by atoms with E-state index in [1.807, 2.05) is 24.3 Å². The molecular formula is C18H18N2O4. The van der Waals surface area contributed by atoms with Crippen LogP contribution in [0.4, 0.5) is 0 Å². The molecule has 24 heavy (non-hydrogen) atoms. The number of methoxy groups -OCH3 is 1. The number of H-pyrrole nitrogens is 1. The molecule has 3 aromatic rings. The van der Waals surface area contributed by atoms with Crippen molar-refractivity contribution in [3.63, 3.8) is 0 Å². The Bertz CT molecular complexity index is 907. The van der Waals surface area contributed by atoms with Gasteiger partial charge in [0.05, 0.1) is 19.2 Å². The smallest absolute Gasteiger partial charge is 0.341 e. The quantitative estimate of drug-likeness (QED) is 0.747. The molecule has 6 nitrogen and oxygen atoms in total. The molecule has 0 saturated heterocycles. The van der Waals surface area contributed by atoms with Crippen LogP contribution >= 0.6 is 0 Å². The zero-order valence-electron chi connectivity index (χ0n) is 13.8. The minimum Gasteiger partial charge on any atom is -0.465 e. The largest absolute Gasteiger partial charge is 0.465 e. The SMILES string of the molecule is COC(=O)c1cc(CN(C)C(=O)c2c[nH]c3ccccc23)oc1C. The lowest BCUT2D eigenvalue weighted by atomic mass is 10.1. The number of aromatic amines is 1. The number of aryl methyl sites for hydroxylation is 1. The van der Waals surface area contributed by atoms with E-state index in [-0.39, 0.29) is 12.5 Å². The number of esters is 1. The third-order valence-corrected chi connectivity index (χ3v) is 3.93. The van der Waals surface area contributed by atoms with Crippen molar-refractivity contribution >= 4 is 22.8 Å². The highest BCUT2D eigenvalue weighted by molar-refractivity contribution is 6.06. The molecule has 0 radical (unpaired) electrons. The molecule has 2 aromatic heterocycles. The van der Waals surface area contributed by atoms with Crippen LogP contribution in [0.5, 0.6) is 0 Å². The molecule has 2 heterocycles. The van der Waals surface area contributed by atoms with Crippen molar-refractivity contribution in [2.24, 2.45) is 0 Å². The number of carbonyl (C=O) groups excluding carboxylic acids is 2. The summed E-state index contributed by atoms with van der Waals surface area (Å²) in [6.45, 7) is 1.95. The van der Waals surface area contributed by atoms with E-state index in [1.165, 1.54) is 7.11 Å². The molecule has 1 aromatic carbocycles. The van der Waals surface area contributed by atoms with Crippen LogP contribution in [0.25, 0.3) is 10.9 Å². The minimum atomic E-state index is -0.451. The first-order valence-electron chi connectivity index (χ1n) is 7.50. The summed E-state index contributed by atoms with van der Waals surface area (Å²) < 4.78 is 10.3. The van der Waals surface area contributed by atoms with Gasteiger partial charge in [-0.05, 0) is 19.1 Å². The Morgan fingerprint density at radius 2 is 2.00 bits per heavy atom. The van der Waals surface area contributed by atoms with Crippen LogP contribution < -0.4 is 0 Å². The molecule has 0 fully saturated rings. The third kappa shape index (κ3) is 2.78. The highest BCUT2D eigenvalue weighted by Crippen LogP contribution is 2.21. The number of benzene rings is 1. The van der Waals surface area contributed by atoms with Crippen LogP contribution in [0.3, 0.4) is 0 Å². The molecule has 0 aliphatic heterocycles. The van der Waals surface area contributed by atoms with Gasteiger partial charge in [0.15, 0.2) is 0 Å². The zero-order chi connectivity index (χ0) is 17.3. The summed E-state index contributed by atoms with van der Waals surface area (Å²) in [5.41, 5.74) is 1.89. The van der Waals surface area contributed by atoms with E-state index in [2.05, 4.69) is 4.98 Å². The fourth-order valence-electron chi connectivity index (χ4n) is 2.69. The lowest BCUT2D eigenvalue weighted by Gasteiger charge is -2.15. The predicted octanol–water partition coefficient (Wildman–Crippen LogP) is 3.13. The monoisotopic (exact) mass is 326 g/mol. The van der Waals surface area contributed by atoms with Gasteiger partial charge < -0.3 is 19.0 Å². The summed E-state index contributed by atoms with van der Waals surface area (Å²) in [7, 11) is 3.01. The van der Waals surface area contributed by atoms with Crippen molar-refractivity contribution < 1.29 is 18.7 Å². The summed E-state index contributed by atoms with van der Waals surface area (Å²) in [5.74, 6) is 0.433. The van der Waals surface area contributed by atoms with Crippen LogP contribution in [0.15, 0.2) is 40.9 Å². The van der Waals surface area contributed by atoms with Crippen LogP contribution in [0, 0.1) is 6.92 Å². The van der Waals surface area contributed by atoms with Crippen molar-refractivity contribution in [2.75, 3.05) is 14.2 Å². The Balaban J connectivity index is 1.81. The van der Waals surface area contributed by atoms with Gasteiger partial charge in [-0.3, -0.25) is 4.79 Å². The lowest BCUT2D eigenvalue weighted by molar-refractivity contribution is 0.0598. The van der Waals surface area contributed by atoms with Crippen LogP contribution in [0.2, 0.25) is 0 Å². The predicted molar refractivity (Wildman–Crippen MR) is 88.9 cm³/mol. The normalized spacial score (nSPS) is 10.8. The number of carbonyl (C=O) groups is 2. The Kier molecular flexibility index (Phi) is 4.12. The molecule has 3 rings (SSSR count). The maximum absolute atomic E-state index is 12.7. The highest BCUT2D eigenvalue weighted by Gasteiger charge is 2.20. The number of nitrogens with one attached hydrogen (secondary N) is 1. The first-order chi connectivity index (χ1) is 11.5. The topological polar surface area (TPSA) is 75.5 Å². The first kappa shape index (κ1) is 15.9. The van der Waals surface area contributed by atoms with E-state index in [1.54, 1.807) is 31.1 Å². The summed E-state index contributed by atoms with van der Waals surface area (Å²) in [6.07, 6.45) is 1.71. The van der Waals surface area contributed by atoms with Crippen LogP contribution in [-0.2, 0) is 11.3 Å². The van der Waals surface area contributed by atoms with Crippen molar-refractivity contribution in [3.05, 3.63) is 59.2 Å². The van der Waals surface area contributed by atoms with Crippen molar-refractivity contribution in [1.82, 2.24) is 9.88 Å². The molecule has 1 amide bonds. The number of hydrogen-bond donors (Lipinski definition) is 1. The number of furan rings is 1. The molecule has 0 saturated carbocycles. The molecule has 1 N–H and O–H groups in total. The second-order valence-electron chi connectivity index (χ2n) is 5.58. The maximum atomic E-state index is 12.7. The molecule has 0 aliphatic carbocycles. The summed E-state index contributed by atoms with van der Waals surface area (Å²) in [6, 6.07) is 9.24. The van der Waals surface area contributed by atoms with E-state index in [0.29, 0.717) is 22.6 Å². The first-order valence-corrected chi connectivity index (χ1v) is 7.50. The molecular weight excluding hydrogens is 308 g/mol. The van der Waals surface area contributed by atoms with Gasteiger partial charge in [0.25, 0.3) is 5.91 Å². The van der Waals surface area contributed by atoms with E-state index < -0.39 is 5.97 Å². The fourth-order valence-corrected chi connectivity index (χ4v) is 2.69. The number of amides is 1.